The fourth-order valence-corrected chi connectivity index (χ4v) is 2.16. The van der Waals surface area contributed by atoms with E-state index < -0.39 is 0 Å². The molecule has 1 aliphatic heterocycles. The van der Waals surface area contributed by atoms with Crippen molar-refractivity contribution < 1.29 is 19.3 Å². The van der Waals surface area contributed by atoms with Crippen molar-refractivity contribution >= 4 is 0 Å². The Kier molecular flexibility index (Phi) is 3.97. The molecule has 0 aromatic carbocycles. The van der Waals surface area contributed by atoms with E-state index in [9.17, 15) is 5.11 Å². The van der Waals surface area contributed by atoms with Gasteiger partial charge in [-0.2, -0.15) is 0 Å². The summed E-state index contributed by atoms with van der Waals surface area (Å²) in [6, 6.07) is 0. The van der Waals surface area contributed by atoms with Crippen LogP contribution in [0.3, 0.4) is 0 Å². The van der Waals surface area contributed by atoms with Crippen molar-refractivity contribution in [3.8, 4) is 0 Å². The molecule has 4 heteroatoms. The molecule has 4 nitrogen and oxygen atoms in total. The molecule has 15 heavy (non-hydrogen) atoms. The molecule has 1 heterocycles. The minimum Gasteiger partial charge on any atom is -0.390 e. The van der Waals surface area contributed by atoms with Gasteiger partial charge < -0.3 is 19.3 Å². The summed E-state index contributed by atoms with van der Waals surface area (Å²) in [6.07, 6.45) is 2.56. The highest BCUT2D eigenvalue weighted by Gasteiger charge is 2.42. The highest BCUT2D eigenvalue weighted by atomic mass is 16.6. The first-order valence-electron chi connectivity index (χ1n) is 5.84. The summed E-state index contributed by atoms with van der Waals surface area (Å²) >= 11 is 0. The molecular formula is C11H20O4. The molecule has 2 rings (SSSR count). The third-order valence-corrected chi connectivity index (χ3v) is 3.11. The van der Waals surface area contributed by atoms with Crippen molar-refractivity contribution in [1.82, 2.24) is 0 Å². The van der Waals surface area contributed by atoms with Crippen molar-refractivity contribution in [3.63, 3.8) is 0 Å². The summed E-state index contributed by atoms with van der Waals surface area (Å²) in [4.78, 5) is 0. The number of aliphatic hydroxyl groups excluding tert-OH is 1. The van der Waals surface area contributed by atoms with Gasteiger partial charge in [-0.15, -0.1) is 0 Å². The SMILES string of the molecule is CCOC1C(O)CC1OC1CCOCC1. The van der Waals surface area contributed by atoms with Crippen molar-refractivity contribution in [2.24, 2.45) is 0 Å². The van der Waals surface area contributed by atoms with Crippen LogP contribution in [0.2, 0.25) is 0 Å². The first-order chi connectivity index (χ1) is 7.31. The zero-order valence-corrected chi connectivity index (χ0v) is 9.22. The van der Waals surface area contributed by atoms with Crippen molar-refractivity contribution in [2.75, 3.05) is 19.8 Å². The summed E-state index contributed by atoms with van der Waals surface area (Å²) in [7, 11) is 0. The van der Waals surface area contributed by atoms with E-state index in [1.807, 2.05) is 6.92 Å². The summed E-state index contributed by atoms with van der Waals surface area (Å²) in [5.41, 5.74) is 0. The number of hydrogen-bond acceptors (Lipinski definition) is 4. The lowest BCUT2D eigenvalue weighted by atomic mass is 9.87. The van der Waals surface area contributed by atoms with Gasteiger partial charge in [-0.1, -0.05) is 0 Å². The van der Waals surface area contributed by atoms with Crippen LogP contribution in [0.1, 0.15) is 26.2 Å². The van der Waals surface area contributed by atoms with Crippen LogP contribution in [-0.4, -0.2) is 49.3 Å². The Bertz CT molecular complexity index is 191. The Balaban J connectivity index is 1.74. The van der Waals surface area contributed by atoms with Gasteiger partial charge in [-0.3, -0.25) is 0 Å². The first-order valence-corrected chi connectivity index (χ1v) is 5.84. The number of hydrogen-bond donors (Lipinski definition) is 1. The molecule has 2 aliphatic rings. The quantitative estimate of drug-likeness (QED) is 0.752. The lowest BCUT2D eigenvalue weighted by molar-refractivity contribution is -0.213. The third-order valence-electron chi connectivity index (χ3n) is 3.11. The van der Waals surface area contributed by atoms with Gasteiger partial charge in [0.2, 0.25) is 0 Å². The fraction of sp³-hybridized carbons (Fsp3) is 1.00. The molecule has 0 amide bonds. The summed E-state index contributed by atoms with van der Waals surface area (Å²) in [5.74, 6) is 0. The monoisotopic (exact) mass is 216 g/mol. The van der Waals surface area contributed by atoms with Gasteiger partial charge in [0.05, 0.1) is 18.3 Å². The first kappa shape index (κ1) is 11.3. The van der Waals surface area contributed by atoms with Gasteiger partial charge >= 0.3 is 0 Å². The third kappa shape index (κ3) is 2.69. The molecule has 88 valence electrons. The van der Waals surface area contributed by atoms with Gasteiger partial charge in [0.1, 0.15) is 6.10 Å². The van der Waals surface area contributed by atoms with Crippen LogP contribution in [0.15, 0.2) is 0 Å². The average Bonchev–Trinajstić information content (AvgIpc) is 2.27. The maximum atomic E-state index is 9.51. The largest absolute Gasteiger partial charge is 0.390 e. The minimum absolute atomic E-state index is 0.0862. The topological polar surface area (TPSA) is 47.9 Å². The van der Waals surface area contributed by atoms with E-state index in [4.69, 9.17) is 14.2 Å². The molecule has 0 radical (unpaired) electrons. The molecule has 1 aliphatic carbocycles. The number of rotatable bonds is 4. The van der Waals surface area contributed by atoms with Gasteiger partial charge in [0.15, 0.2) is 0 Å². The van der Waals surface area contributed by atoms with E-state index in [2.05, 4.69) is 0 Å². The van der Waals surface area contributed by atoms with Crippen LogP contribution < -0.4 is 0 Å². The second kappa shape index (κ2) is 5.25. The number of aliphatic hydroxyl groups is 1. The molecular weight excluding hydrogens is 196 g/mol. The van der Waals surface area contributed by atoms with Crippen LogP contribution in [-0.2, 0) is 14.2 Å². The Labute approximate surface area is 90.5 Å². The van der Waals surface area contributed by atoms with Gasteiger partial charge in [0.25, 0.3) is 0 Å². The standard InChI is InChI=1S/C11H20O4/c1-2-14-11-9(12)7-10(11)15-8-3-5-13-6-4-8/h8-12H,2-7H2,1H3. The number of ether oxygens (including phenoxy) is 3. The highest BCUT2D eigenvalue weighted by Crippen LogP contribution is 2.29. The molecule has 3 atom stereocenters. The molecule has 1 saturated carbocycles. The minimum atomic E-state index is -0.338. The fourth-order valence-electron chi connectivity index (χ4n) is 2.16. The predicted molar refractivity (Wildman–Crippen MR) is 54.8 cm³/mol. The van der Waals surface area contributed by atoms with Crippen LogP contribution in [0, 0.1) is 0 Å². The summed E-state index contributed by atoms with van der Waals surface area (Å²) in [6.45, 7) is 4.16. The van der Waals surface area contributed by atoms with Gasteiger partial charge in [-0.25, -0.2) is 0 Å². The predicted octanol–water partition coefficient (Wildman–Crippen LogP) is 0.720. The van der Waals surface area contributed by atoms with Crippen molar-refractivity contribution in [2.45, 2.75) is 50.6 Å². The Hall–Kier alpha value is -0.160. The van der Waals surface area contributed by atoms with E-state index in [0.717, 1.165) is 26.1 Å². The zero-order chi connectivity index (χ0) is 10.7. The smallest absolute Gasteiger partial charge is 0.110 e. The van der Waals surface area contributed by atoms with E-state index in [1.165, 1.54) is 0 Å². The van der Waals surface area contributed by atoms with Crippen molar-refractivity contribution in [1.29, 1.82) is 0 Å². The Morgan fingerprint density at radius 1 is 1.33 bits per heavy atom. The molecule has 0 bridgehead atoms. The molecule has 1 N–H and O–H groups in total. The molecule has 3 unspecified atom stereocenters. The lowest BCUT2D eigenvalue weighted by Crippen LogP contribution is -2.55. The van der Waals surface area contributed by atoms with Crippen molar-refractivity contribution in [3.05, 3.63) is 0 Å². The maximum Gasteiger partial charge on any atom is 0.110 e. The maximum absolute atomic E-state index is 9.51. The molecule has 0 aromatic heterocycles. The molecule has 0 aromatic rings. The zero-order valence-electron chi connectivity index (χ0n) is 9.22. The second-order valence-corrected chi connectivity index (χ2v) is 4.21. The van der Waals surface area contributed by atoms with E-state index in [-0.39, 0.29) is 18.3 Å². The van der Waals surface area contributed by atoms with Crippen LogP contribution in [0.25, 0.3) is 0 Å². The summed E-state index contributed by atoms with van der Waals surface area (Å²) in [5, 5.41) is 9.51. The van der Waals surface area contributed by atoms with E-state index in [0.29, 0.717) is 19.1 Å². The van der Waals surface area contributed by atoms with Gasteiger partial charge in [-0.05, 0) is 19.8 Å². The second-order valence-electron chi connectivity index (χ2n) is 4.21. The Morgan fingerprint density at radius 2 is 2.07 bits per heavy atom. The Morgan fingerprint density at radius 3 is 2.67 bits per heavy atom. The van der Waals surface area contributed by atoms with Crippen LogP contribution in [0.4, 0.5) is 0 Å². The summed E-state index contributed by atoms with van der Waals surface area (Å²) < 4.78 is 16.6. The van der Waals surface area contributed by atoms with E-state index >= 15 is 0 Å². The normalized spacial score (nSPS) is 37.6. The lowest BCUT2D eigenvalue weighted by Gasteiger charge is -2.42. The van der Waals surface area contributed by atoms with Crippen LogP contribution >= 0.6 is 0 Å². The molecule has 0 spiro atoms. The average molecular weight is 216 g/mol. The molecule has 1 saturated heterocycles. The molecule has 2 fully saturated rings. The van der Waals surface area contributed by atoms with Crippen LogP contribution in [0.5, 0.6) is 0 Å². The highest BCUT2D eigenvalue weighted by molar-refractivity contribution is 4.92. The van der Waals surface area contributed by atoms with E-state index in [1.54, 1.807) is 0 Å². The van der Waals surface area contributed by atoms with Gasteiger partial charge in [0, 0.05) is 26.2 Å².